The number of hydrogen-bond donors (Lipinski definition) is 2. The highest BCUT2D eigenvalue weighted by Crippen LogP contribution is 2.19. The van der Waals surface area contributed by atoms with Crippen LogP contribution in [0.2, 0.25) is 5.02 Å². The van der Waals surface area contributed by atoms with E-state index in [1.165, 1.54) is 18.2 Å². The van der Waals surface area contributed by atoms with Crippen molar-refractivity contribution in [3.05, 3.63) is 64.7 Å². The van der Waals surface area contributed by atoms with Gasteiger partial charge in [-0.05, 0) is 42.0 Å². The molecular weight excluding hydrogens is 288 g/mol. The molecule has 0 fully saturated rings. The third-order valence-electron chi connectivity index (χ3n) is 2.66. The van der Waals surface area contributed by atoms with Gasteiger partial charge in [-0.15, -0.1) is 0 Å². The molecule has 0 unspecified atom stereocenters. The smallest absolute Gasteiger partial charge is 0.248 e. The monoisotopic (exact) mass is 298 g/mol. The van der Waals surface area contributed by atoms with Gasteiger partial charge in [0.1, 0.15) is 11.8 Å². The van der Waals surface area contributed by atoms with E-state index >= 15 is 0 Å². The largest absolute Gasteiger partial charge is 0.507 e. The maximum atomic E-state index is 11.7. The molecule has 0 bridgehead atoms. The zero-order valence-electron chi connectivity index (χ0n) is 10.9. The van der Waals surface area contributed by atoms with Crippen LogP contribution in [0, 0.1) is 11.3 Å². The molecule has 2 rings (SSSR count). The summed E-state index contributed by atoms with van der Waals surface area (Å²) in [5.41, 5.74) is 1.41. The first-order chi connectivity index (χ1) is 10.1. The average molecular weight is 299 g/mol. The molecule has 0 saturated carbocycles. The summed E-state index contributed by atoms with van der Waals surface area (Å²) in [7, 11) is 0. The molecule has 2 N–H and O–H groups in total. The number of halogens is 1. The number of phenolic OH excluding ortho intramolecular Hbond substituents is 1. The quantitative estimate of drug-likeness (QED) is 0.851. The summed E-state index contributed by atoms with van der Waals surface area (Å²) in [6, 6.07) is 13.2. The van der Waals surface area contributed by atoms with E-state index in [0.717, 1.165) is 0 Å². The third kappa shape index (κ3) is 4.10. The molecule has 0 spiro atoms. The molecular formula is C16H11ClN2O2. The van der Waals surface area contributed by atoms with Crippen LogP contribution >= 0.6 is 11.6 Å². The van der Waals surface area contributed by atoms with Crippen molar-refractivity contribution in [2.75, 3.05) is 5.32 Å². The van der Waals surface area contributed by atoms with Gasteiger partial charge in [0.15, 0.2) is 0 Å². The fourth-order valence-electron chi connectivity index (χ4n) is 1.67. The number of carbonyl (C=O) groups is 1. The van der Waals surface area contributed by atoms with Gasteiger partial charge in [-0.25, -0.2) is 0 Å². The Hall–Kier alpha value is -2.77. The van der Waals surface area contributed by atoms with Gasteiger partial charge in [0.25, 0.3) is 0 Å². The highest BCUT2D eigenvalue weighted by molar-refractivity contribution is 6.30. The number of nitrogens with one attached hydrogen (secondary N) is 1. The molecule has 0 heterocycles. The van der Waals surface area contributed by atoms with Crippen molar-refractivity contribution in [2.24, 2.45) is 0 Å². The Morgan fingerprint density at radius 1 is 1.29 bits per heavy atom. The van der Waals surface area contributed by atoms with Crippen LogP contribution in [0.1, 0.15) is 11.1 Å². The first-order valence-electron chi connectivity index (χ1n) is 6.06. The van der Waals surface area contributed by atoms with Crippen molar-refractivity contribution in [1.82, 2.24) is 0 Å². The van der Waals surface area contributed by atoms with Gasteiger partial charge in [0.05, 0.1) is 5.56 Å². The van der Waals surface area contributed by atoms with Crippen molar-refractivity contribution in [1.29, 1.82) is 5.26 Å². The van der Waals surface area contributed by atoms with Gasteiger partial charge in [-0.3, -0.25) is 4.79 Å². The molecule has 1 amide bonds. The number of phenols is 1. The fraction of sp³-hybridized carbons (Fsp3) is 0. The topological polar surface area (TPSA) is 73.1 Å². The summed E-state index contributed by atoms with van der Waals surface area (Å²) in [5, 5.41) is 21.5. The summed E-state index contributed by atoms with van der Waals surface area (Å²) in [6.07, 6.45) is 2.88. The molecule has 2 aromatic rings. The number of benzene rings is 2. The lowest BCUT2D eigenvalue weighted by molar-refractivity contribution is -0.111. The second-order valence-corrected chi connectivity index (χ2v) is 4.66. The van der Waals surface area contributed by atoms with E-state index in [1.54, 1.807) is 36.4 Å². The highest BCUT2D eigenvalue weighted by Gasteiger charge is 2.01. The van der Waals surface area contributed by atoms with Crippen LogP contribution in [0.4, 0.5) is 5.69 Å². The minimum absolute atomic E-state index is 0.116. The third-order valence-corrected chi connectivity index (χ3v) is 2.90. The van der Waals surface area contributed by atoms with Gasteiger partial charge in [-0.2, -0.15) is 5.26 Å². The number of nitriles is 1. The SMILES string of the molecule is N#Cc1ccc(/C=C/C(=O)Nc2cccc(Cl)c2)cc1O. The van der Waals surface area contributed by atoms with Gasteiger partial charge >= 0.3 is 0 Å². The van der Waals surface area contributed by atoms with Crippen molar-refractivity contribution in [2.45, 2.75) is 0 Å². The van der Waals surface area contributed by atoms with Crippen LogP contribution in [0.25, 0.3) is 6.08 Å². The summed E-state index contributed by atoms with van der Waals surface area (Å²) < 4.78 is 0. The molecule has 0 saturated heterocycles. The fourth-order valence-corrected chi connectivity index (χ4v) is 1.86. The molecule has 0 aliphatic carbocycles. The highest BCUT2D eigenvalue weighted by atomic mass is 35.5. The second-order valence-electron chi connectivity index (χ2n) is 4.22. The standard InChI is InChI=1S/C16H11ClN2O2/c17-13-2-1-3-14(9-13)19-16(21)7-5-11-4-6-12(10-18)15(20)8-11/h1-9,20H,(H,19,21)/b7-5+. The van der Waals surface area contributed by atoms with Crippen molar-refractivity contribution in [3.63, 3.8) is 0 Å². The van der Waals surface area contributed by atoms with Crippen LogP contribution in [0.15, 0.2) is 48.5 Å². The number of amides is 1. The predicted molar refractivity (Wildman–Crippen MR) is 81.9 cm³/mol. The van der Waals surface area contributed by atoms with E-state index in [9.17, 15) is 9.90 Å². The van der Waals surface area contributed by atoms with E-state index < -0.39 is 0 Å². The molecule has 0 aliphatic rings. The Labute approximate surface area is 126 Å². The van der Waals surface area contributed by atoms with Crippen molar-refractivity contribution in [3.8, 4) is 11.8 Å². The number of carbonyl (C=O) groups excluding carboxylic acids is 1. The molecule has 5 heteroatoms. The van der Waals surface area contributed by atoms with Crippen LogP contribution in [-0.2, 0) is 4.79 Å². The predicted octanol–water partition coefficient (Wildman–Crippen LogP) is 3.57. The Kier molecular flexibility index (Phi) is 4.60. The number of anilines is 1. The number of hydrogen-bond acceptors (Lipinski definition) is 3. The molecule has 2 aromatic carbocycles. The molecule has 21 heavy (non-hydrogen) atoms. The lowest BCUT2D eigenvalue weighted by Crippen LogP contribution is -2.07. The first-order valence-corrected chi connectivity index (χ1v) is 6.44. The van der Waals surface area contributed by atoms with Crippen LogP contribution in [0.3, 0.4) is 0 Å². The van der Waals surface area contributed by atoms with Gasteiger partial charge in [0, 0.05) is 16.8 Å². The summed E-state index contributed by atoms with van der Waals surface area (Å²) in [5.74, 6) is -0.434. The van der Waals surface area contributed by atoms with Crippen LogP contribution in [-0.4, -0.2) is 11.0 Å². The van der Waals surface area contributed by atoms with E-state index in [2.05, 4.69) is 5.32 Å². The van der Waals surface area contributed by atoms with Crippen LogP contribution < -0.4 is 5.32 Å². The zero-order chi connectivity index (χ0) is 15.2. The van der Waals surface area contributed by atoms with Crippen molar-refractivity contribution >= 4 is 29.3 Å². The Bertz CT molecular complexity index is 748. The normalized spacial score (nSPS) is 10.3. The van der Waals surface area contributed by atoms with Gasteiger partial charge in [-0.1, -0.05) is 23.7 Å². The lowest BCUT2D eigenvalue weighted by Gasteiger charge is -2.02. The second kappa shape index (κ2) is 6.60. The minimum Gasteiger partial charge on any atom is -0.507 e. The molecule has 0 aliphatic heterocycles. The van der Waals surface area contributed by atoms with E-state index in [-0.39, 0.29) is 17.2 Å². The molecule has 4 nitrogen and oxygen atoms in total. The first kappa shape index (κ1) is 14.6. The Morgan fingerprint density at radius 3 is 2.76 bits per heavy atom. The summed E-state index contributed by atoms with van der Waals surface area (Å²) in [6.45, 7) is 0. The van der Waals surface area contributed by atoms with Crippen LogP contribution in [0.5, 0.6) is 5.75 Å². The zero-order valence-corrected chi connectivity index (χ0v) is 11.6. The molecule has 0 aromatic heterocycles. The minimum atomic E-state index is -0.318. The molecule has 104 valence electrons. The Balaban J connectivity index is 2.05. The number of aromatic hydroxyl groups is 1. The maximum absolute atomic E-state index is 11.7. The van der Waals surface area contributed by atoms with E-state index in [0.29, 0.717) is 16.3 Å². The van der Waals surface area contributed by atoms with Gasteiger partial charge in [0.2, 0.25) is 5.91 Å². The molecule has 0 atom stereocenters. The maximum Gasteiger partial charge on any atom is 0.248 e. The summed E-state index contributed by atoms with van der Waals surface area (Å²) >= 11 is 5.82. The lowest BCUT2D eigenvalue weighted by atomic mass is 10.1. The number of rotatable bonds is 3. The van der Waals surface area contributed by atoms with Gasteiger partial charge < -0.3 is 10.4 Å². The van der Waals surface area contributed by atoms with E-state index in [4.69, 9.17) is 16.9 Å². The Morgan fingerprint density at radius 2 is 2.10 bits per heavy atom. The average Bonchev–Trinajstić information content (AvgIpc) is 2.45. The van der Waals surface area contributed by atoms with Crippen molar-refractivity contribution < 1.29 is 9.90 Å². The number of nitrogens with zero attached hydrogens (tertiary/aromatic N) is 1. The molecule has 0 radical (unpaired) electrons. The summed E-state index contributed by atoms with van der Waals surface area (Å²) in [4.78, 5) is 11.7. The van der Waals surface area contributed by atoms with E-state index in [1.807, 2.05) is 6.07 Å².